The van der Waals surface area contributed by atoms with E-state index in [2.05, 4.69) is 211 Å². The molecule has 294 valence electrons. The predicted octanol–water partition coefficient (Wildman–Crippen LogP) is 15.3. The number of benzene rings is 9. The Labute approximate surface area is 365 Å². The standard InChI is InChI=1S/C59H38N4/c1-5-16-39(17-6-1)40-28-32-42(33-29-40)53-38-54(61-59(60-53)45-20-9-3-10-21-45)43-34-30-41(31-35-43)47-25-15-26-49-50-36-51-48-24-13-14-27-55(48)63(46-22-11-4-12-23-46)56(51)37-52(50)57(62-58(47)49)44-18-7-2-8-19-44/h1-38H. The summed E-state index contributed by atoms with van der Waals surface area (Å²) >= 11 is 0. The van der Waals surface area contributed by atoms with Gasteiger partial charge in [0.25, 0.3) is 0 Å². The SMILES string of the molecule is c1ccc(-c2ccc(-c3cc(-c4ccc(-c5cccc6c5nc(-c5ccccc5)c5cc7c(cc56)c5ccccc5n7-c5ccccc5)cc4)nc(-c4ccccc4)n3)cc2)cc1. The number of fused-ring (bicyclic) bond motifs is 6. The van der Waals surface area contributed by atoms with E-state index in [1.54, 1.807) is 0 Å². The van der Waals surface area contributed by atoms with Crippen molar-refractivity contribution in [2.24, 2.45) is 0 Å². The van der Waals surface area contributed by atoms with Crippen LogP contribution in [0, 0.1) is 0 Å². The molecule has 0 aliphatic carbocycles. The van der Waals surface area contributed by atoms with Gasteiger partial charge in [-0.3, -0.25) is 0 Å². The maximum absolute atomic E-state index is 5.58. The van der Waals surface area contributed by atoms with Crippen LogP contribution in [0.25, 0.3) is 117 Å². The molecule has 0 saturated carbocycles. The zero-order valence-corrected chi connectivity index (χ0v) is 34.2. The molecule has 4 heteroatoms. The highest BCUT2D eigenvalue weighted by atomic mass is 15.0. The molecule has 12 aromatic rings. The average molecular weight is 803 g/mol. The van der Waals surface area contributed by atoms with Crippen LogP contribution in [0.5, 0.6) is 0 Å². The van der Waals surface area contributed by atoms with E-state index in [1.165, 1.54) is 32.8 Å². The van der Waals surface area contributed by atoms with E-state index in [0.717, 1.165) is 78.0 Å². The lowest BCUT2D eigenvalue weighted by Gasteiger charge is -2.15. The van der Waals surface area contributed by atoms with Crippen LogP contribution in [0.3, 0.4) is 0 Å². The van der Waals surface area contributed by atoms with E-state index in [0.29, 0.717) is 5.82 Å². The van der Waals surface area contributed by atoms with Gasteiger partial charge in [-0.15, -0.1) is 0 Å². The third kappa shape index (κ3) is 6.44. The summed E-state index contributed by atoms with van der Waals surface area (Å²) in [4.78, 5) is 15.8. The molecule has 0 unspecified atom stereocenters. The Morgan fingerprint density at radius 1 is 0.286 bits per heavy atom. The van der Waals surface area contributed by atoms with Crippen LogP contribution >= 0.6 is 0 Å². The van der Waals surface area contributed by atoms with E-state index in [9.17, 15) is 0 Å². The summed E-state index contributed by atoms with van der Waals surface area (Å²) in [6.45, 7) is 0. The lowest BCUT2D eigenvalue weighted by molar-refractivity contribution is 1.18. The van der Waals surface area contributed by atoms with Crippen LogP contribution in [-0.4, -0.2) is 19.5 Å². The lowest BCUT2D eigenvalue weighted by atomic mass is 9.94. The molecule has 9 aromatic carbocycles. The van der Waals surface area contributed by atoms with Gasteiger partial charge in [0.2, 0.25) is 0 Å². The van der Waals surface area contributed by atoms with Gasteiger partial charge in [0, 0.05) is 55.0 Å². The molecule has 0 saturated heterocycles. The molecule has 0 fully saturated rings. The minimum absolute atomic E-state index is 0.693. The Hall–Kier alpha value is -8.47. The smallest absolute Gasteiger partial charge is 0.160 e. The van der Waals surface area contributed by atoms with Crippen molar-refractivity contribution in [3.63, 3.8) is 0 Å². The Kier molecular flexibility index (Phi) is 8.79. The first-order valence-corrected chi connectivity index (χ1v) is 21.4. The molecule has 0 bridgehead atoms. The second kappa shape index (κ2) is 15.2. The highest BCUT2D eigenvalue weighted by Gasteiger charge is 2.19. The normalized spacial score (nSPS) is 11.5. The summed E-state index contributed by atoms with van der Waals surface area (Å²) in [5, 5.41) is 5.87. The Morgan fingerprint density at radius 3 is 1.48 bits per heavy atom. The molecule has 63 heavy (non-hydrogen) atoms. The van der Waals surface area contributed by atoms with Crippen molar-refractivity contribution in [2.45, 2.75) is 0 Å². The van der Waals surface area contributed by atoms with E-state index in [-0.39, 0.29) is 0 Å². The second-order valence-electron chi connectivity index (χ2n) is 16.0. The van der Waals surface area contributed by atoms with Crippen LogP contribution in [0.2, 0.25) is 0 Å². The number of hydrogen-bond acceptors (Lipinski definition) is 3. The Bertz CT molecular complexity index is 3620. The maximum atomic E-state index is 5.58. The maximum Gasteiger partial charge on any atom is 0.160 e. The topological polar surface area (TPSA) is 43.6 Å². The van der Waals surface area contributed by atoms with Crippen LogP contribution < -0.4 is 0 Å². The largest absolute Gasteiger partial charge is 0.309 e. The Balaban J connectivity index is 1.00. The second-order valence-corrected chi connectivity index (χ2v) is 16.0. The van der Waals surface area contributed by atoms with Crippen LogP contribution in [0.15, 0.2) is 231 Å². The third-order valence-electron chi connectivity index (χ3n) is 12.2. The monoisotopic (exact) mass is 802 g/mol. The highest BCUT2D eigenvalue weighted by molar-refractivity contribution is 6.21. The predicted molar refractivity (Wildman–Crippen MR) is 262 cm³/mol. The summed E-state index contributed by atoms with van der Waals surface area (Å²) in [5.41, 5.74) is 15.8. The fourth-order valence-electron chi connectivity index (χ4n) is 9.14. The van der Waals surface area contributed by atoms with Gasteiger partial charge in [0.05, 0.1) is 33.6 Å². The number of nitrogens with zero attached hydrogens (tertiary/aromatic N) is 4. The number of aromatic nitrogens is 4. The summed E-state index contributed by atoms with van der Waals surface area (Å²) < 4.78 is 2.38. The van der Waals surface area contributed by atoms with Crippen LogP contribution in [-0.2, 0) is 0 Å². The van der Waals surface area contributed by atoms with Gasteiger partial charge < -0.3 is 4.57 Å². The zero-order chi connectivity index (χ0) is 41.7. The fourth-order valence-corrected chi connectivity index (χ4v) is 9.14. The van der Waals surface area contributed by atoms with Crippen molar-refractivity contribution in [2.75, 3.05) is 0 Å². The number of hydrogen-bond donors (Lipinski definition) is 0. The molecule has 12 rings (SSSR count). The average Bonchev–Trinajstić information content (AvgIpc) is 3.69. The highest BCUT2D eigenvalue weighted by Crippen LogP contribution is 2.42. The summed E-state index contributed by atoms with van der Waals surface area (Å²) in [6, 6.07) is 81.5. The first-order chi connectivity index (χ1) is 31.2. The lowest BCUT2D eigenvalue weighted by Crippen LogP contribution is -1.96. The van der Waals surface area contributed by atoms with Crippen molar-refractivity contribution >= 4 is 43.5 Å². The molecule has 0 aliphatic rings. The van der Waals surface area contributed by atoms with Crippen molar-refractivity contribution in [1.82, 2.24) is 19.5 Å². The van der Waals surface area contributed by atoms with Gasteiger partial charge in [-0.05, 0) is 58.5 Å². The summed E-state index contributed by atoms with van der Waals surface area (Å²) in [5.74, 6) is 0.693. The molecule has 4 nitrogen and oxygen atoms in total. The quantitative estimate of drug-likeness (QED) is 0.151. The van der Waals surface area contributed by atoms with E-state index >= 15 is 0 Å². The van der Waals surface area contributed by atoms with Crippen LogP contribution in [0.1, 0.15) is 0 Å². The minimum atomic E-state index is 0.693. The molecule has 0 atom stereocenters. The zero-order valence-electron chi connectivity index (χ0n) is 34.2. The first-order valence-electron chi connectivity index (χ1n) is 21.4. The molecule has 3 heterocycles. The minimum Gasteiger partial charge on any atom is -0.309 e. The molecule has 0 radical (unpaired) electrons. The van der Waals surface area contributed by atoms with E-state index in [4.69, 9.17) is 15.0 Å². The van der Waals surface area contributed by atoms with Gasteiger partial charge in [0.1, 0.15) is 0 Å². The molecule has 0 spiro atoms. The summed E-state index contributed by atoms with van der Waals surface area (Å²) in [6.07, 6.45) is 0. The number of para-hydroxylation sites is 3. The number of rotatable bonds is 7. The van der Waals surface area contributed by atoms with Crippen LogP contribution in [0.4, 0.5) is 0 Å². The van der Waals surface area contributed by atoms with Gasteiger partial charge in [-0.1, -0.05) is 194 Å². The van der Waals surface area contributed by atoms with Crippen molar-refractivity contribution in [1.29, 1.82) is 0 Å². The van der Waals surface area contributed by atoms with E-state index in [1.807, 2.05) is 24.3 Å². The number of pyridine rings is 1. The fraction of sp³-hybridized carbons (Fsp3) is 0. The van der Waals surface area contributed by atoms with Gasteiger partial charge >= 0.3 is 0 Å². The molecule has 0 amide bonds. The van der Waals surface area contributed by atoms with Crippen molar-refractivity contribution in [3.8, 4) is 73.1 Å². The van der Waals surface area contributed by atoms with Gasteiger partial charge in [0.15, 0.2) is 5.82 Å². The van der Waals surface area contributed by atoms with Crippen molar-refractivity contribution in [3.05, 3.63) is 231 Å². The van der Waals surface area contributed by atoms with Crippen molar-refractivity contribution < 1.29 is 0 Å². The molecule has 0 aliphatic heterocycles. The van der Waals surface area contributed by atoms with Gasteiger partial charge in [-0.25, -0.2) is 15.0 Å². The molecule has 0 N–H and O–H groups in total. The molecule has 3 aromatic heterocycles. The third-order valence-corrected chi connectivity index (χ3v) is 12.2. The van der Waals surface area contributed by atoms with Gasteiger partial charge in [-0.2, -0.15) is 0 Å². The first kappa shape index (κ1) is 36.4. The molecular weight excluding hydrogens is 765 g/mol. The van der Waals surface area contributed by atoms with E-state index < -0.39 is 0 Å². The summed E-state index contributed by atoms with van der Waals surface area (Å²) in [7, 11) is 0. The molecular formula is C59H38N4. The Morgan fingerprint density at radius 2 is 0.810 bits per heavy atom.